The number of amides is 2. The molecule has 0 atom stereocenters. The molecule has 2 amide bonds. The summed E-state index contributed by atoms with van der Waals surface area (Å²) in [4.78, 5) is 41.0. The molecule has 3 heterocycles. The Morgan fingerprint density at radius 1 is 1.11 bits per heavy atom. The Labute approximate surface area is 219 Å². The summed E-state index contributed by atoms with van der Waals surface area (Å²) in [6.07, 6.45) is 7.56. The van der Waals surface area contributed by atoms with Crippen LogP contribution in [0.4, 0.5) is 5.69 Å². The minimum atomic E-state index is -0.583. The number of carbonyl (C=O) groups excluding carboxylic acids is 3. The maximum absolute atomic E-state index is 13.2. The fourth-order valence-corrected chi connectivity index (χ4v) is 5.45. The number of carbonyl (C=O) groups is 3. The van der Waals surface area contributed by atoms with Crippen LogP contribution >= 0.6 is 0 Å². The Morgan fingerprint density at radius 3 is 2.53 bits per heavy atom. The van der Waals surface area contributed by atoms with Gasteiger partial charge in [-0.05, 0) is 69.7 Å². The number of hydrogen-bond acceptors (Lipinski definition) is 8. The summed E-state index contributed by atoms with van der Waals surface area (Å²) in [5, 5.41) is 21.5. The number of ether oxygens (including phenoxy) is 1. The maximum atomic E-state index is 13.2. The van der Waals surface area contributed by atoms with Crippen molar-refractivity contribution in [3.8, 4) is 11.4 Å². The van der Waals surface area contributed by atoms with Crippen LogP contribution in [0.3, 0.4) is 0 Å². The maximum Gasteiger partial charge on any atom is 0.307 e. The lowest BCUT2D eigenvalue weighted by molar-refractivity contribution is -0.142. The topological polar surface area (TPSA) is 161 Å². The molecule has 200 valence electrons. The highest BCUT2D eigenvalue weighted by Gasteiger charge is 2.48. The highest BCUT2D eigenvalue weighted by molar-refractivity contribution is 6.00. The van der Waals surface area contributed by atoms with Gasteiger partial charge < -0.3 is 26.2 Å². The molecule has 0 radical (unpaired) electrons. The second kappa shape index (κ2) is 10.1. The molecule has 3 aliphatic rings. The number of nitrogens with two attached hydrogens (primary N) is 1. The van der Waals surface area contributed by atoms with Crippen LogP contribution in [0.2, 0.25) is 0 Å². The molecular formula is C27H32N6O5. The number of primary amides is 1. The number of fused-ring (bicyclic) bond motifs is 4. The number of nitrogens with one attached hydrogen (secondary N) is 2. The lowest BCUT2D eigenvalue weighted by Gasteiger charge is -2.51. The van der Waals surface area contributed by atoms with Gasteiger partial charge in [0, 0.05) is 18.3 Å². The summed E-state index contributed by atoms with van der Waals surface area (Å²) in [5.41, 5.74) is 7.85. The Hall–Kier alpha value is -3.99. The average molecular weight is 521 g/mol. The lowest BCUT2D eigenvalue weighted by atomic mass is 9.63. The minimum Gasteiger partial charge on any atom is -0.466 e. The number of nitrogens with zero attached hydrogens (tertiary/aromatic N) is 3. The van der Waals surface area contributed by atoms with Crippen molar-refractivity contribution in [3.05, 3.63) is 47.8 Å². The van der Waals surface area contributed by atoms with Gasteiger partial charge in [-0.1, -0.05) is 0 Å². The van der Waals surface area contributed by atoms with Crippen LogP contribution in [0.5, 0.6) is 0 Å². The first kappa shape index (κ1) is 25.7. The number of hydrogen-bond donors (Lipinski definition) is 4. The molecule has 38 heavy (non-hydrogen) atoms. The molecule has 3 aromatic heterocycles. The van der Waals surface area contributed by atoms with Crippen molar-refractivity contribution in [2.45, 2.75) is 63.0 Å². The SMILES string of the molecule is CCOC(=O)CCNC(=O)c1cnc(-c2ccc3cc(C(N)=O)cnn23)cc1NC12CCC(O)(CC1)CC2. The molecule has 11 nitrogen and oxygen atoms in total. The zero-order valence-electron chi connectivity index (χ0n) is 21.3. The third-order valence-electron chi connectivity index (χ3n) is 7.72. The van der Waals surface area contributed by atoms with Gasteiger partial charge in [0.15, 0.2) is 0 Å². The molecule has 0 spiro atoms. The van der Waals surface area contributed by atoms with E-state index in [4.69, 9.17) is 10.5 Å². The zero-order valence-corrected chi connectivity index (χ0v) is 21.3. The molecule has 5 N–H and O–H groups in total. The second-order valence-electron chi connectivity index (χ2n) is 10.2. The van der Waals surface area contributed by atoms with Gasteiger partial charge in [-0.15, -0.1) is 0 Å². The largest absolute Gasteiger partial charge is 0.466 e. The number of rotatable bonds is 9. The molecule has 6 rings (SSSR count). The predicted molar refractivity (Wildman–Crippen MR) is 140 cm³/mol. The van der Waals surface area contributed by atoms with E-state index < -0.39 is 11.5 Å². The number of esters is 1. The molecule has 11 heteroatoms. The van der Waals surface area contributed by atoms with Crippen LogP contribution < -0.4 is 16.4 Å². The number of anilines is 1. The minimum absolute atomic E-state index is 0.0749. The number of aliphatic hydroxyl groups is 1. The highest BCUT2D eigenvalue weighted by Crippen LogP contribution is 2.48. The molecule has 3 saturated carbocycles. The van der Waals surface area contributed by atoms with Crippen LogP contribution in [0.1, 0.15) is 72.6 Å². The molecule has 2 bridgehead atoms. The van der Waals surface area contributed by atoms with Gasteiger partial charge >= 0.3 is 5.97 Å². The lowest BCUT2D eigenvalue weighted by Crippen LogP contribution is -2.54. The van der Waals surface area contributed by atoms with E-state index in [2.05, 4.69) is 20.7 Å². The molecule has 0 aliphatic heterocycles. The number of pyridine rings is 1. The average Bonchev–Trinajstić information content (AvgIpc) is 3.33. The van der Waals surface area contributed by atoms with Crippen LogP contribution in [-0.4, -0.2) is 61.8 Å². The normalized spacial score (nSPS) is 22.3. The van der Waals surface area contributed by atoms with Gasteiger partial charge in [-0.2, -0.15) is 5.10 Å². The highest BCUT2D eigenvalue weighted by atomic mass is 16.5. The van der Waals surface area contributed by atoms with Crippen molar-refractivity contribution < 1.29 is 24.2 Å². The van der Waals surface area contributed by atoms with Crippen molar-refractivity contribution in [3.63, 3.8) is 0 Å². The Kier molecular flexibility index (Phi) is 6.78. The van der Waals surface area contributed by atoms with Gasteiger partial charge in [-0.25, -0.2) is 4.52 Å². The summed E-state index contributed by atoms with van der Waals surface area (Å²) in [7, 11) is 0. The Bertz CT molecular complexity index is 1380. The molecule has 3 aromatic rings. The van der Waals surface area contributed by atoms with Gasteiger partial charge in [0.25, 0.3) is 5.91 Å². The summed E-state index contributed by atoms with van der Waals surface area (Å²) < 4.78 is 6.60. The van der Waals surface area contributed by atoms with Crippen LogP contribution in [0, 0.1) is 0 Å². The van der Waals surface area contributed by atoms with Crippen molar-refractivity contribution in [2.24, 2.45) is 5.73 Å². The third kappa shape index (κ3) is 5.06. The molecule has 0 saturated heterocycles. The monoisotopic (exact) mass is 520 g/mol. The molecule has 0 aromatic carbocycles. The molecule has 3 aliphatic carbocycles. The first-order valence-electron chi connectivity index (χ1n) is 12.9. The first-order valence-corrected chi connectivity index (χ1v) is 12.9. The zero-order chi connectivity index (χ0) is 26.9. The van der Waals surface area contributed by atoms with Gasteiger partial charge in [0.2, 0.25) is 5.91 Å². The van der Waals surface area contributed by atoms with E-state index in [1.54, 1.807) is 17.5 Å². The van der Waals surface area contributed by atoms with E-state index in [1.807, 2.05) is 18.2 Å². The fraction of sp³-hybridized carbons (Fsp3) is 0.444. The van der Waals surface area contributed by atoms with Crippen LogP contribution in [-0.2, 0) is 9.53 Å². The van der Waals surface area contributed by atoms with E-state index in [0.29, 0.717) is 53.0 Å². The van der Waals surface area contributed by atoms with Gasteiger partial charge in [0.05, 0.1) is 58.5 Å². The molecule has 3 fully saturated rings. The van der Waals surface area contributed by atoms with E-state index in [9.17, 15) is 19.5 Å². The van der Waals surface area contributed by atoms with E-state index in [0.717, 1.165) is 19.3 Å². The van der Waals surface area contributed by atoms with E-state index >= 15 is 0 Å². The van der Waals surface area contributed by atoms with E-state index in [1.165, 1.54) is 12.4 Å². The summed E-state index contributed by atoms with van der Waals surface area (Å²) in [5.74, 6) is -1.28. The second-order valence-corrected chi connectivity index (χ2v) is 10.2. The first-order chi connectivity index (χ1) is 18.2. The predicted octanol–water partition coefficient (Wildman–Crippen LogP) is 2.43. The Morgan fingerprint density at radius 2 is 1.84 bits per heavy atom. The van der Waals surface area contributed by atoms with Gasteiger partial charge in [0.1, 0.15) is 0 Å². The standard InChI is InChI=1S/C27H32N6O5/c1-2-38-23(34)5-12-29-25(36)19-16-30-21(22-4-3-18-13-17(24(28)35)15-31-33(18)22)14-20(19)32-26-6-9-27(37,10-7-26)11-8-26/h3-4,13-16,37H,2,5-12H2,1H3,(H2,28,35)(H,29,36)(H,30,32). The van der Waals surface area contributed by atoms with Crippen LogP contribution in [0.25, 0.3) is 16.9 Å². The fourth-order valence-electron chi connectivity index (χ4n) is 5.45. The van der Waals surface area contributed by atoms with Crippen molar-refractivity contribution in [2.75, 3.05) is 18.5 Å². The number of aromatic nitrogens is 3. The van der Waals surface area contributed by atoms with Crippen molar-refractivity contribution >= 4 is 29.0 Å². The Balaban J connectivity index is 1.46. The van der Waals surface area contributed by atoms with Crippen molar-refractivity contribution in [1.29, 1.82) is 0 Å². The quantitative estimate of drug-likeness (QED) is 0.313. The molecule has 0 unspecified atom stereocenters. The smallest absolute Gasteiger partial charge is 0.307 e. The summed E-state index contributed by atoms with van der Waals surface area (Å²) in [6.45, 7) is 2.17. The molecular weight excluding hydrogens is 488 g/mol. The van der Waals surface area contributed by atoms with Gasteiger partial charge in [-0.3, -0.25) is 19.4 Å². The van der Waals surface area contributed by atoms with Crippen molar-refractivity contribution in [1.82, 2.24) is 19.9 Å². The third-order valence-corrected chi connectivity index (χ3v) is 7.72. The van der Waals surface area contributed by atoms with E-state index in [-0.39, 0.29) is 37.0 Å². The van der Waals surface area contributed by atoms with Crippen LogP contribution in [0.15, 0.2) is 36.7 Å². The summed E-state index contributed by atoms with van der Waals surface area (Å²) in [6, 6.07) is 7.16. The summed E-state index contributed by atoms with van der Waals surface area (Å²) >= 11 is 0.